The molecule has 1 fully saturated rings. The largest absolute Gasteiger partial charge is 0.459 e. The Labute approximate surface area is 132 Å². The van der Waals surface area contributed by atoms with Crippen LogP contribution in [0, 0.1) is 12.8 Å². The van der Waals surface area contributed by atoms with Crippen molar-refractivity contribution in [1.82, 2.24) is 9.88 Å². The normalized spacial score (nSPS) is 15.8. The summed E-state index contributed by atoms with van der Waals surface area (Å²) in [6, 6.07) is 3.36. The minimum Gasteiger partial charge on any atom is -0.459 e. The number of hydrogen-bond donors (Lipinski definition) is 1. The van der Waals surface area contributed by atoms with E-state index in [-0.39, 0.29) is 17.7 Å². The second kappa shape index (κ2) is 6.31. The Morgan fingerprint density at radius 3 is 2.77 bits per heavy atom. The van der Waals surface area contributed by atoms with Gasteiger partial charge in [0.2, 0.25) is 5.91 Å². The number of nitrogens with one attached hydrogen (secondary N) is 1. The predicted octanol–water partition coefficient (Wildman–Crippen LogP) is 2.54. The number of aryl methyl sites for hydroxylation is 1. The molecule has 1 N–H and O–H groups in total. The van der Waals surface area contributed by atoms with Crippen molar-refractivity contribution >= 4 is 28.3 Å². The number of carbonyl (C=O) groups excluding carboxylic acids is 2. The first-order valence-corrected chi connectivity index (χ1v) is 8.07. The molecule has 0 spiro atoms. The molecule has 3 rings (SSSR count). The topological polar surface area (TPSA) is 75.4 Å². The van der Waals surface area contributed by atoms with Crippen molar-refractivity contribution in [3.8, 4) is 0 Å². The predicted molar refractivity (Wildman–Crippen MR) is 82.8 cm³/mol. The molecular formula is C15H17N3O3S. The van der Waals surface area contributed by atoms with Gasteiger partial charge < -0.3 is 14.6 Å². The Kier molecular flexibility index (Phi) is 4.24. The summed E-state index contributed by atoms with van der Waals surface area (Å²) in [7, 11) is 0. The first-order valence-electron chi connectivity index (χ1n) is 7.19. The van der Waals surface area contributed by atoms with E-state index in [1.807, 2.05) is 12.3 Å². The smallest absolute Gasteiger partial charge is 0.289 e. The lowest BCUT2D eigenvalue weighted by atomic mass is 9.96. The lowest BCUT2D eigenvalue weighted by molar-refractivity contribution is -0.121. The monoisotopic (exact) mass is 319 g/mol. The van der Waals surface area contributed by atoms with E-state index >= 15 is 0 Å². The Balaban J connectivity index is 1.53. The van der Waals surface area contributed by atoms with E-state index in [4.69, 9.17) is 4.42 Å². The second-order valence-corrected chi connectivity index (χ2v) is 6.19. The van der Waals surface area contributed by atoms with E-state index in [9.17, 15) is 9.59 Å². The first kappa shape index (κ1) is 14.8. The van der Waals surface area contributed by atoms with Crippen LogP contribution in [0.4, 0.5) is 5.13 Å². The highest BCUT2D eigenvalue weighted by molar-refractivity contribution is 7.13. The van der Waals surface area contributed by atoms with Gasteiger partial charge in [-0.25, -0.2) is 4.98 Å². The molecule has 0 aromatic carbocycles. The molecular weight excluding hydrogens is 302 g/mol. The molecule has 0 bridgehead atoms. The zero-order chi connectivity index (χ0) is 15.5. The zero-order valence-corrected chi connectivity index (χ0v) is 13.1. The van der Waals surface area contributed by atoms with Crippen LogP contribution in [-0.2, 0) is 4.79 Å². The summed E-state index contributed by atoms with van der Waals surface area (Å²) in [6.07, 6.45) is 2.80. The van der Waals surface area contributed by atoms with Gasteiger partial charge in [-0.05, 0) is 31.9 Å². The molecule has 2 amide bonds. The summed E-state index contributed by atoms with van der Waals surface area (Å²) < 4.78 is 5.13. The lowest BCUT2D eigenvalue weighted by Crippen LogP contribution is -2.41. The number of amides is 2. The van der Waals surface area contributed by atoms with Gasteiger partial charge in [0.15, 0.2) is 10.9 Å². The van der Waals surface area contributed by atoms with E-state index in [2.05, 4.69) is 10.3 Å². The van der Waals surface area contributed by atoms with E-state index in [1.165, 1.54) is 17.6 Å². The van der Waals surface area contributed by atoms with Gasteiger partial charge in [0, 0.05) is 24.4 Å². The molecule has 0 aliphatic carbocycles. The van der Waals surface area contributed by atoms with Crippen LogP contribution in [0.5, 0.6) is 0 Å². The second-order valence-electron chi connectivity index (χ2n) is 5.33. The summed E-state index contributed by atoms with van der Waals surface area (Å²) in [6.45, 7) is 3.02. The van der Waals surface area contributed by atoms with Crippen LogP contribution in [0.2, 0.25) is 0 Å². The highest BCUT2D eigenvalue weighted by Crippen LogP contribution is 2.22. The molecule has 22 heavy (non-hydrogen) atoms. The highest BCUT2D eigenvalue weighted by atomic mass is 32.1. The fraction of sp³-hybridized carbons (Fsp3) is 0.400. The highest BCUT2D eigenvalue weighted by Gasteiger charge is 2.29. The van der Waals surface area contributed by atoms with Crippen molar-refractivity contribution < 1.29 is 14.0 Å². The quantitative estimate of drug-likeness (QED) is 0.943. The minimum atomic E-state index is -0.112. The number of hydrogen-bond acceptors (Lipinski definition) is 5. The van der Waals surface area contributed by atoms with Crippen LogP contribution >= 0.6 is 11.3 Å². The molecule has 116 valence electrons. The van der Waals surface area contributed by atoms with Gasteiger partial charge in [-0.1, -0.05) is 0 Å². The average molecular weight is 319 g/mol. The van der Waals surface area contributed by atoms with Crippen molar-refractivity contribution in [2.45, 2.75) is 19.8 Å². The first-order chi connectivity index (χ1) is 10.6. The number of carbonyl (C=O) groups is 2. The summed E-state index contributed by atoms with van der Waals surface area (Å²) in [5.41, 5.74) is 0.902. The van der Waals surface area contributed by atoms with Crippen molar-refractivity contribution in [2.24, 2.45) is 5.92 Å². The number of nitrogens with zero attached hydrogens (tertiary/aromatic N) is 2. The molecule has 2 aromatic heterocycles. The molecule has 7 heteroatoms. The summed E-state index contributed by atoms with van der Waals surface area (Å²) in [4.78, 5) is 30.3. The van der Waals surface area contributed by atoms with E-state index in [1.54, 1.807) is 17.0 Å². The maximum Gasteiger partial charge on any atom is 0.289 e. The number of aromatic nitrogens is 1. The van der Waals surface area contributed by atoms with Crippen molar-refractivity contribution in [3.05, 3.63) is 35.2 Å². The Bertz CT molecular complexity index is 657. The van der Waals surface area contributed by atoms with Crippen LogP contribution in [-0.4, -0.2) is 34.8 Å². The van der Waals surface area contributed by atoms with Gasteiger partial charge in [0.05, 0.1) is 12.0 Å². The molecule has 1 aliphatic heterocycles. The van der Waals surface area contributed by atoms with Crippen LogP contribution < -0.4 is 5.32 Å². The molecule has 1 saturated heterocycles. The number of furan rings is 1. The molecule has 0 radical (unpaired) electrons. The molecule has 0 saturated carbocycles. The third-order valence-corrected chi connectivity index (χ3v) is 4.61. The number of rotatable bonds is 3. The van der Waals surface area contributed by atoms with Gasteiger partial charge in [0.25, 0.3) is 5.91 Å². The third kappa shape index (κ3) is 3.19. The molecule has 0 unspecified atom stereocenters. The Hall–Kier alpha value is -2.15. The van der Waals surface area contributed by atoms with E-state index in [0.717, 1.165) is 5.69 Å². The fourth-order valence-corrected chi connectivity index (χ4v) is 3.21. The van der Waals surface area contributed by atoms with E-state index < -0.39 is 0 Å². The number of piperidine rings is 1. The van der Waals surface area contributed by atoms with Gasteiger partial charge in [-0.15, -0.1) is 11.3 Å². The van der Waals surface area contributed by atoms with Gasteiger partial charge >= 0.3 is 0 Å². The fourth-order valence-electron chi connectivity index (χ4n) is 2.52. The van der Waals surface area contributed by atoms with Gasteiger partial charge in [-0.2, -0.15) is 0 Å². The van der Waals surface area contributed by atoms with E-state index in [0.29, 0.717) is 36.8 Å². The van der Waals surface area contributed by atoms with Gasteiger partial charge in [0.1, 0.15) is 0 Å². The van der Waals surface area contributed by atoms with Crippen molar-refractivity contribution in [3.63, 3.8) is 0 Å². The molecule has 1 aliphatic rings. The standard InChI is InChI=1S/C15H17N3O3S/c1-10-9-22-15(16-10)17-13(19)11-4-6-18(7-5-11)14(20)12-3-2-8-21-12/h2-3,8-9,11H,4-7H2,1H3,(H,16,17,19). The van der Waals surface area contributed by atoms with Gasteiger partial charge in [-0.3, -0.25) is 9.59 Å². The molecule has 6 nitrogen and oxygen atoms in total. The van der Waals surface area contributed by atoms with Crippen LogP contribution in [0.15, 0.2) is 28.2 Å². The van der Waals surface area contributed by atoms with Crippen LogP contribution in [0.3, 0.4) is 0 Å². The molecule has 0 atom stereocenters. The summed E-state index contributed by atoms with van der Waals surface area (Å²) >= 11 is 1.43. The average Bonchev–Trinajstić information content (AvgIpc) is 3.18. The number of thiazole rings is 1. The summed E-state index contributed by atoms with van der Waals surface area (Å²) in [5, 5.41) is 5.39. The number of likely N-dealkylation sites (tertiary alicyclic amines) is 1. The Morgan fingerprint density at radius 1 is 1.41 bits per heavy atom. The summed E-state index contributed by atoms with van der Waals surface area (Å²) in [5.74, 6) is 0.143. The molecule has 3 heterocycles. The maximum absolute atomic E-state index is 12.2. The van der Waals surface area contributed by atoms with Crippen molar-refractivity contribution in [1.29, 1.82) is 0 Å². The zero-order valence-electron chi connectivity index (χ0n) is 12.2. The Morgan fingerprint density at radius 2 is 2.18 bits per heavy atom. The third-order valence-electron chi connectivity index (χ3n) is 3.73. The number of anilines is 1. The lowest BCUT2D eigenvalue weighted by Gasteiger charge is -2.30. The van der Waals surface area contributed by atoms with Crippen molar-refractivity contribution in [2.75, 3.05) is 18.4 Å². The minimum absolute atomic E-state index is 0.0144. The van der Waals surface area contributed by atoms with Crippen LogP contribution in [0.1, 0.15) is 29.1 Å². The van der Waals surface area contributed by atoms with Crippen LogP contribution in [0.25, 0.3) is 0 Å². The molecule has 2 aromatic rings. The SMILES string of the molecule is Cc1csc(NC(=O)C2CCN(C(=O)c3ccco3)CC2)n1. The maximum atomic E-state index is 12.2.